The molecule has 0 amide bonds. The van der Waals surface area contributed by atoms with Gasteiger partial charge in [-0.15, -0.1) is 0 Å². The highest BCUT2D eigenvalue weighted by atomic mass is 79.9. The molecular weight excluding hydrogens is 384 g/mol. The Hall–Kier alpha value is -2.20. The first-order valence-electron chi connectivity index (χ1n) is 8.03. The molecule has 1 nitrogen and oxygen atoms in total. The van der Waals surface area contributed by atoms with E-state index in [1.165, 1.54) is 12.1 Å². The number of allylic oxidation sites excluding steroid dienone is 3. The predicted octanol–water partition coefficient (Wildman–Crippen LogP) is 6.27. The summed E-state index contributed by atoms with van der Waals surface area (Å²) in [7, 11) is 0. The average Bonchev–Trinajstić information content (AvgIpc) is 2.58. The van der Waals surface area contributed by atoms with E-state index in [9.17, 15) is 8.78 Å². The van der Waals surface area contributed by atoms with Crippen molar-refractivity contribution in [3.05, 3.63) is 93.6 Å². The Bertz CT molecular complexity index is 874. The van der Waals surface area contributed by atoms with E-state index in [2.05, 4.69) is 22.5 Å². The lowest BCUT2D eigenvalue weighted by Crippen LogP contribution is -2.25. The predicted molar refractivity (Wildman–Crippen MR) is 103 cm³/mol. The fourth-order valence-corrected chi connectivity index (χ4v) is 3.51. The average molecular weight is 402 g/mol. The van der Waals surface area contributed by atoms with Crippen molar-refractivity contribution in [1.29, 1.82) is 0 Å². The lowest BCUT2D eigenvalue weighted by Gasteiger charge is -2.34. The Labute approximate surface area is 155 Å². The molecule has 1 aliphatic heterocycles. The first kappa shape index (κ1) is 17.6. The van der Waals surface area contributed by atoms with Crippen LogP contribution in [0.5, 0.6) is 0 Å². The topological polar surface area (TPSA) is 3.24 Å². The summed E-state index contributed by atoms with van der Waals surface area (Å²) < 4.78 is 30.3. The maximum atomic E-state index is 14.8. The fraction of sp³-hybridized carbons (Fsp3) is 0.143. The highest BCUT2D eigenvalue weighted by Crippen LogP contribution is 2.42. The first-order valence-corrected chi connectivity index (χ1v) is 8.83. The molecule has 1 heterocycles. The smallest absolute Gasteiger partial charge is 0.135 e. The van der Waals surface area contributed by atoms with E-state index in [1.54, 1.807) is 6.92 Å². The molecule has 4 heteroatoms. The van der Waals surface area contributed by atoms with Gasteiger partial charge in [-0.3, -0.25) is 0 Å². The van der Waals surface area contributed by atoms with E-state index in [0.717, 1.165) is 15.6 Å². The number of nitrogens with zero attached hydrogens (tertiary/aromatic N) is 1. The van der Waals surface area contributed by atoms with Crippen LogP contribution >= 0.6 is 15.9 Å². The molecule has 0 atom stereocenters. The van der Waals surface area contributed by atoms with Crippen molar-refractivity contribution in [3.63, 3.8) is 0 Å². The van der Waals surface area contributed by atoms with Crippen LogP contribution in [-0.4, -0.2) is 11.4 Å². The van der Waals surface area contributed by atoms with Crippen molar-refractivity contribution >= 4 is 27.2 Å². The molecule has 0 unspecified atom stereocenters. The summed E-state index contributed by atoms with van der Waals surface area (Å²) in [4.78, 5) is 1.84. The summed E-state index contributed by atoms with van der Waals surface area (Å²) in [5, 5.41) is 0. The first-order chi connectivity index (χ1) is 11.9. The van der Waals surface area contributed by atoms with Gasteiger partial charge in [-0.25, -0.2) is 8.78 Å². The standard InChI is InChI=1S/C21H18BrF2N/c1-4-25-14(3)17(22)12-16(15-8-6-5-7-9-15)21(25)20-18(23)10-13(2)11-19(20)24/h5-12H,3-4H2,1-2H3. The molecule has 0 aromatic heterocycles. The van der Waals surface area contributed by atoms with Crippen molar-refractivity contribution in [3.8, 4) is 0 Å². The molecule has 1 aliphatic rings. The molecule has 25 heavy (non-hydrogen) atoms. The summed E-state index contributed by atoms with van der Waals surface area (Å²) >= 11 is 3.52. The summed E-state index contributed by atoms with van der Waals surface area (Å²) in [6, 6.07) is 12.3. The van der Waals surface area contributed by atoms with E-state index >= 15 is 0 Å². The van der Waals surface area contributed by atoms with Crippen LogP contribution in [0.3, 0.4) is 0 Å². The van der Waals surface area contributed by atoms with Gasteiger partial charge in [-0.1, -0.05) is 36.9 Å². The molecule has 0 saturated carbocycles. The molecule has 3 rings (SSSR count). The normalized spacial score (nSPS) is 14.8. The van der Waals surface area contributed by atoms with Crippen molar-refractivity contribution in [1.82, 2.24) is 4.90 Å². The highest BCUT2D eigenvalue weighted by molar-refractivity contribution is 9.12. The number of halogens is 3. The van der Waals surface area contributed by atoms with Crippen molar-refractivity contribution in [2.24, 2.45) is 0 Å². The van der Waals surface area contributed by atoms with E-state index in [0.29, 0.717) is 23.5 Å². The molecule has 0 saturated heterocycles. The minimum atomic E-state index is -0.571. The third-order valence-corrected chi connectivity index (χ3v) is 4.91. The summed E-state index contributed by atoms with van der Waals surface area (Å²) in [5.74, 6) is -1.14. The van der Waals surface area contributed by atoms with Crippen LogP contribution in [0.15, 0.2) is 65.3 Å². The number of hydrogen-bond acceptors (Lipinski definition) is 1. The Balaban J connectivity index is 2.38. The van der Waals surface area contributed by atoms with Gasteiger partial charge in [-0.05, 0) is 59.1 Å². The second-order valence-corrected chi connectivity index (χ2v) is 6.77. The molecule has 0 N–H and O–H groups in total. The SMILES string of the molecule is C=C1C(Br)=CC(c2ccccc2)=C(c2c(F)cc(C)cc2F)N1CC. The van der Waals surface area contributed by atoms with Crippen LogP contribution < -0.4 is 0 Å². The molecule has 2 aromatic rings. The number of benzene rings is 2. The Morgan fingerprint density at radius 1 is 1.08 bits per heavy atom. The lowest BCUT2D eigenvalue weighted by molar-refractivity contribution is 0.509. The van der Waals surface area contributed by atoms with Crippen LogP contribution in [-0.2, 0) is 0 Å². The molecule has 0 bridgehead atoms. The fourth-order valence-electron chi connectivity index (χ4n) is 3.07. The minimum absolute atomic E-state index is 0.0243. The Morgan fingerprint density at radius 2 is 1.68 bits per heavy atom. The lowest BCUT2D eigenvalue weighted by atomic mass is 9.93. The molecule has 0 radical (unpaired) electrons. The van der Waals surface area contributed by atoms with Gasteiger partial charge >= 0.3 is 0 Å². The quantitative estimate of drug-likeness (QED) is 0.585. The number of rotatable bonds is 3. The van der Waals surface area contributed by atoms with Gasteiger partial charge in [0.05, 0.1) is 11.3 Å². The van der Waals surface area contributed by atoms with Crippen molar-refractivity contribution in [2.45, 2.75) is 13.8 Å². The largest absolute Gasteiger partial charge is 0.340 e. The molecule has 0 aliphatic carbocycles. The van der Waals surface area contributed by atoms with Gasteiger partial charge in [-0.2, -0.15) is 0 Å². The summed E-state index contributed by atoms with van der Waals surface area (Å²) in [5.41, 5.74) is 3.34. The molecular formula is C21H18BrF2N. The second-order valence-electron chi connectivity index (χ2n) is 5.92. The molecule has 128 valence electrons. The second kappa shape index (κ2) is 6.96. The zero-order valence-electron chi connectivity index (χ0n) is 14.1. The summed E-state index contributed by atoms with van der Waals surface area (Å²) in [6.07, 6.45) is 1.87. The molecule has 0 fully saturated rings. The van der Waals surface area contributed by atoms with Gasteiger partial charge in [0, 0.05) is 22.3 Å². The molecule has 2 aromatic carbocycles. The zero-order valence-corrected chi connectivity index (χ0v) is 15.7. The van der Waals surface area contributed by atoms with Gasteiger partial charge in [0.15, 0.2) is 0 Å². The third-order valence-electron chi connectivity index (χ3n) is 4.22. The zero-order chi connectivity index (χ0) is 18.1. The monoisotopic (exact) mass is 401 g/mol. The van der Waals surface area contributed by atoms with E-state index in [1.807, 2.05) is 48.2 Å². The Morgan fingerprint density at radius 3 is 2.24 bits per heavy atom. The van der Waals surface area contributed by atoms with Gasteiger partial charge in [0.1, 0.15) is 11.6 Å². The van der Waals surface area contributed by atoms with Crippen molar-refractivity contribution in [2.75, 3.05) is 6.54 Å². The van der Waals surface area contributed by atoms with Gasteiger partial charge in [0.25, 0.3) is 0 Å². The van der Waals surface area contributed by atoms with Gasteiger partial charge in [0.2, 0.25) is 0 Å². The van der Waals surface area contributed by atoms with Crippen LogP contribution in [0.4, 0.5) is 8.78 Å². The maximum absolute atomic E-state index is 14.8. The van der Waals surface area contributed by atoms with Gasteiger partial charge < -0.3 is 4.90 Å². The van der Waals surface area contributed by atoms with Crippen LogP contribution in [0.2, 0.25) is 0 Å². The van der Waals surface area contributed by atoms with E-state index in [-0.39, 0.29) is 5.56 Å². The number of hydrogen-bond donors (Lipinski definition) is 0. The van der Waals surface area contributed by atoms with Crippen LogP contribution in [0.1, 0.15) is 23.6 Å². The number of aryl methyl sites for hydroxylation is 1. The maximum Gasteiger partial charge on any atom is 0.135 e. The summed E-state index contributed by atoms with van der Waals surface area (Å²) in [6.45, 7) is 8.21. The van der Waals surface area contributed by atoms with Crippen LogP contribution in [0.25, 0.3) is 11.3 Å². The van der Waals surface area contributed by atoms with E-state index in [4.69, 9.17) is 0 Å². The molecule has 0 spiro atoms. The Kier molecular flexibility index (Phi) is 4.91. The highest BCUT2D eigenvalue weighted by Gasteiger charge is 2.28. The van der Waals surface area contributed by atoms with E-state index < -0.39 is 11.6 Å². The van der Waals surface area contributed by atoms with Crippen LogP contribution in [0, 0.1) is 18.6 Å². The minimum Gasteiger partial charge on any atom is -0.340 e. The third kappa shape index (κ3) is 3.19. The number of likely N-dealkylation sites (N-methyl/N-ethyl adjacent to an activating group) is 1. The van der Waals surface area contributed by atoms with Crippen molar-refractivity contribution < 1.29 is 8.78 Å².